The minimum Gasteiger partial charge on any atom is -0.452 e. The number of benzene rings is 2. The van der Waals surface area contributed by atoms with Crippen LogP contribution in [-0.2, 0) is 9.53 Å². The first-order valence-corrected chi connectivity index (χ1v) is 8.90. The lowest BCUT2D eigenvalue weighted by Crippen LogP contribution is -2.22. The average molecular weight is 409 g/mol. The molecule has 2 aromatic carbocycles. The van der Waals surface area contributed by atoms with Crippen LogP contribution in [0, 0.1) is 24.0 Å². The molecule has 3 rings (SSSR count). The molecule has 0 saturated heterocycles. The molecule has 1 aromatic heterocycles. The molecule has 0 radical (unpaired) electrons. The van der Waals surface area contributed by atoms with Crippen molar-refractivity contribution in [3.63, 3.8) is 0 Å². The molecule has 0 aliphatic carbocycles. The number of nitrogens with two attached hydrogens (primary N) is 1. The Morgan fingerprint density at radius 2 is 1.90 bits per heavy atom. The Hall–Kier alpha value is -4.21. The number of aryl methyl sites for hydroxylation is 1. The first kappa shape index (κ1) is 20.5. The number of nitrogens with one attached hydrogen (secondary N) is 1. The van der Waals surface area contributed by atoms with Crippen LogP contribution in [0.5, 0.6) is 0 Å². The SMILES string of the molecule is Cc1nn(-c2ccccc2)c(C)c1NC(=O)COC(=O)c1cc([N+](=O)[O-])ccc1N. The van der Waals surface area contributed by atoms with Gasteiger partial charge >= 0.3 is 5.97 Å². The molecule has 0 fully saturated rings. The number of anilines is 2. The maximum atomic E-state index is 12.3. The lowest BCUT2D eigenvalue weighted by Gasteiger charge is -2.09. The molecular formula is C20H19N5O5. The number of nitro benzene ring substituents is 1. The second-order valence-corrected chi connectivity index (χ2v) is 6.45. The van der Waals surface area contributed by atoms with Gasteiger partial charge in [-0.25, -0.2) is 9.48 Å². The Morgan fingerprint density at radius 1 is 1.20 bits per heavy atom. The Balaban J connectivity index is 1.69. The van der Waals surface area contributed by atoms with E-state index >= 15 is 0 Å². The number of aromatic nitrogens is 2. The summed E-state index contributed by atoms with van der Waals surface area (Å²) in [6, 6.07) is 12.8. The average Bonchev–Trinajstić information content (AvgIpc) is 3.01. The lowest BCUT2D eigenvalue weighted by atomic mass is 10.1. The summed E-state index contributed by atoms with van der Waals surface area (Å²) in [5, 5.41) is 18.0. The summed E-state index contributed by atoms with van der Waals surface area (Å²) in [5.41, 5.74) is 7.87. The van der Waals surface area contributed by atoms with Gasteiger partial charge in [0.2, 0.25) is 0 Å². The molecule has 0 saturated carbocycles. The van der Waals surface area contributed by atoms with Crippen molar-refractivity contribution in [2.24, 2.45) is 0 Å². The van der Waals surface area contributed by atoms with Gasteiger partial charge in [-0.1, -0.05) is 18.2 Å². The van der Waals surface area contributed by atoms with Crippen LogP contribution >= 0.6 is 0 Å². The number of nitrogens with zero attached hydrogens (tertiary/aromatic N) is 3. The lowest BCUT2D eigenvalue weighted by molar-refractivity contribution is -0.384. The highest BCUT2D eigenvalue weighted by Crippen LogP contribution is 2.23. The van der Waals surface area contributed by atoms with Gasteiger partial charge in [0.1, 0.15) is 0 Å². The maximum absolute atomic E-state index is 12.3. The molecule has 10 heteroatoms. The highest BCUT2D eigenvalue weighted by atomic mass is 16.6. The standard InChI is InChI=1S/C20H19N5O5/c1-12-19(13(2)24(23-12)14-6-4-3-5-7-14)22-18(26)11-30-20(27)16-10-15(25(28)29)8-9-17(16)21/h3-10H,11,21H2,1-2H3,(H,22,26). The van der Waals surface area contributed by atoms with Gasteiger partial charge < -0.3 is 15.8 Å². The zero-order chi connectivity index (χ0) is 21.8. The van der Waals surface area contributed by atoms with Gasteiger partial charge in [-0.2, -0.15) is 5.10 Å². The van der Waals surface area contributed by atoms with Crippen molar-refractivity contribution in [1.29, 1.82) is 0 Å². The molecule has 0 aliphatic heterocycles. The summed E-state index contributed by atoms with van der Waals surface area (Å²) in [4.78, 5) is 34.7. The fourth-order valence-corrected chi connectivity index (χ4v) is 2.86. The number of carbonyl (C=O) groups is 2. The van der Waals surface area contributed by atoms with E-state index in [1.807, 2.05) is 30.3 Å². The van der Waals surface area contributed by atoms with Crippen LogP contribution in [-0.4, -0.2) is 33.2 Å². The van der Waals surface area contributed by atoms with Gasteiger partial charge in [-0.15, -0.1) is 0 Å². The summed E-state index contributed by atoms with van der Waals surface area (Å²) >= 11 is 0. The first-order valence-electron chi connectivity index (χ1n) is 8.90. The Bertz CT molecular complexity index is 1120. The number of hydrogen-bond donors (Lipinski definition) is 2. The molecule has 154 valence electrons. The molecule has 0 aliphatic rings. The van der Waals surface area contributed by atoms with Gasteiger partial charge in [0.25, 0.3) is 11.6 Å². The van der Waals surface area contributed by atoms with Gasteiger partial charge in [0, 0.05) is 17.8 Å². The van der Waals surface area contributed by atoms with Gasteiger partial charge in [-0.05, 0) is 32.0 Å². The third kappa shape index (κ3) is 4.27. The van der Waals surface area contributed by atoms with E-state index in [9.17, 15) is 19.7 Å². The molecule has 3 aromatic rings. The molecule has 0 bridgehead atoms. The second-order valence-electron chi connectivity index (χ2n) is 6.45. The van der Waals surface area contributed by atoms with E-state index in [1.165, 1.54) is 12.1 Å². The second kappa shape index (κ2) is 8.43. The molecule has 1 heterocycles. The van der Waals surface area contributed by atoms with Crippen molar-refractivity contribution in [1.82, 2.24) is 9.78 Å². The molecule has 0 atom stereocenters. The van der Waals surface area contributed by atoms with Crippen molar-refractivity contribution in [2.75, 3.05) is 17.7 Å². The highest BCUT2D eigenvalue weighted by molar-refractivity contribution is 5.99. The summed E-state index contributed by atoms with van der Waals surface area (Å²) in [6.07, 6.45) is 0. The van der Waals surface area contributed by atoms with E-state index in [0.717, 1.165) is 11.8 Å². The van der Waals surface area contributed by atoms with E-state index in [2.05, 4.69) is 10.4 Å². The van der Waals surface area contributed by atoms with Gasteiger partial charge in [-0.3, -0.25) is 14.9 Å². The maximum Gasteiger partial charge on any atom is 0.341 e. The summed E-state index contributed by atoms with van der Waals surface area (Å²) in [6.45, 7) is 2.96. The van der Waals surface area contributed by atoms with Crippen molar-refractivity contribution in [3.05, 3.63) is 75.6 Å². The van der Waals surface area contributed by atoms with Crippen LogP contribution in [0.2, 0.25) is 0 Å². The monoisotopic (exact) mass is 409 g/mol. The fourth-order valence-electron chi connectivity index (χ4n) is 2.86. The normalized spacial score (nSPS) is 10.5. The van der Waals surface area contributed by atoms with Crippen LogP contribution in [0.25, 0.3) is 5.69 Å². The summed E-state index contributed by atoms with van der Waals surface area (Å²) < 4.78 is 6.66. The molecule has 10 nitrogen and oxygen atoms in total. The van der Waals surface area contributed by atoms with Crippen LogP contribution in [0.4, 0.5) is 17.1 Å². The number of non-ortho nitro benzene ring substituents is 1. The Labute approximate surface area is 171 Å². The van der Waals surface area contributed by atoms with E-state index in [4.69, 9.17) is 10.5 Å². The minimum atomic E-state index is -0.931. The van der Waals surface area contributed by atoms with Crippen molar-refractivity contribution >= 4 is 28.9 Å². The number of rotatable bonds is 6. The van der Waals surface area contributed by atoms with E-state index in [1.54, 1.807) is 18.5 Å². The number of amides is 1. The molecule has 1 amide bonds. The predicted octanol–water partition coefficient (Wildman–Crippen LogP) is 2.78. The smallest absolute Gasteiger partial charge is 0.341 e. The quantitative estimate of drug-likeness (QED) is 0.276. The van der Waals surface area contributed by atoms with Gasteiger partial charge in [0.05, 0.1) is 33.2 Å². The number of nitrogen functional groups attached to an aromatic ring is 1. The number of para-hydroxylation sites is 1. The molecule has 30 heavy (non-hydrogen) atoms. The van der Waals surface area contributed by atoms with Crippen molar-refractivity contribution in [3.8, 4) is 5.69 Å². The third-order valence-corrected chi connectivity index (χ3v) is 4.36. The predicted molar refractivity (Wildman–Crippen MR) is 109 cm³/mol. The van der Waals surface area contributed by atoms with E-state index in [0.29, 0.717) is 17.1 Å². The Kier molecular flexibility index (Phi) is 5.77. The van der Waals surface area contributed by atoms with E-state index < -0.39 is 23.4 Å². The zero-order valence-electron chi connectivity index (χ0n) is 16.3. The number of nitro groups is 1. The third-order valence-electron chi connectivity index (χ3n) is 4.36. The topological polar surface area (TPSA) is 142 Å². The first-order chi connectivity index (χ1) is 14.3. The number of esters is 1. The number of carbonyl (C=O) groups excluding carboxylic acids is 2. The van der Waals surface area contributed by atoms with Crippen LogP contribution in [0.3, 0.4) is 0 Å². The van der Waals surface area contributed by atoms with Crippen molar-refractivity contribution in [2.45, 2.75) is 13.8 Å². The number of hydrogen-bond acceptors (Lipinski definition) is 7. The van der Waals surface area contributed by atoms with Gasteiger partial charge in [0.15, 0.2) is 6.61 Å². The summed E-state index contributed by atoms with van der Waals surface area (Å²) in [5.74, 6) is -1.51. The van der Waals surface area contributed by atoms with Crippen LogP contribution < -0.4 is 11.1 Å². The number of ether oxygens (including phenoxy) is 1. The van der Waals surface area contributed by atoms with E-state index in [-0.39, 0.29) is 16.9 Å². The highest BCUT2D eigenvalue weighted by Gasteiger charge is 2.19. The molecule has 0 spiro atoms. The zero-order valence-corrected chi connectivity index (χ0v) is 16.3. The largest absolute Gasteiger partial charge is 0.452 e. The molecular weight excluding hydrogens is 390 g/mol. The van der Waals surface area contributed by atoms with Crippen LogP contribution in [0.15, 0.2) is 48.5 Å². The summed E-state index contributed by atoms with van der Waals surface area (Å²) in [7, 11) is 0. The molecule has 3 N–H and O–H groups in total. The van der Waals surface area contributed by atoms with Crippen LogP contribution in [0.1, 0.15) is 21.7 Å². The van der Waals surface area contributed by atoms with Crippen molar-refractivity contribution < 1.29 is 19.2 Å². The minimum absolute atomic E-state index is 0.0156. The Morgan fingerprint density at radius 3 is 2.57 bits per heavy atom. The molecule has 0 unspecified atom stereocenters. The fraction of sp³-hybridized carbons (Fsp3) is 0.150.